The Labute approximate surface area is 179 Å². The molecule has 0 aliphatic rings. The third-order valence-electron chi connectivity index (χ3n) is 4.07. The molecular formula is C20H22ClN3O6. The van der Waals surface area contributed by atoms with Crippen LogP contribution in [0.25, 0.3) is 0 Å². The van der Waals surface area contributed by atoms with E-state index < -0.39 is 17.7 Å². The van der Waals surface area contributed by atoms with E-state index in [1.165, 1.54) is 35.4 Å². The number of hydrogen-bond acceptors (Lipinski definition) is 8. The molecule has 0 saturated heterocycles. The van der Waals surface area contributed by atoms with E-state index in [0.29, 0.717) is 17.2 Å². The minimum absolute atomic E-state index is 0.198. The van der Waals surface area contributed by atoms with Gasteiger partial charge in [-0.05, 0) is 31.2 Å². The smallest absolute Gasteiger partial charge is 0.276 e. The minimum Gasteiger partial charge on any atom is -0.497 e. The van der Waals surface area contributed by atoms with Gasteiger partial charge in [0.25, 0.3) is 5.91 Å². The molecule has 30 heavy (non-hydrogen) atoms. The number of azo groups is 1. The molecule has 0 heterocycles. The number of halogens is 1. The van der Waals surface area contributed by atoms with Crippen molar-refractivity contribution in [2.24, 2.45) is 10.2 Å². The van der Waals surface area contributed by atoms with Crippen molar-refractivity contribution in [1.29, 1.82) is 0 Å². The molecule has 160 valence electrons. The molecule has 1 atom stereocenters. The number of amides is 1. The summed E-state index contributed by atoms with van der Waals surface area (Å²) in [4.78, 5) is 25.0. The van der Waals surface area contributed by atoms with Crippen LogP contribution < -0.4 is 23.4 Å². The summed E-state index contributed by atoms with van der Waals surface area (Å²) in [5.74, 6) is 0.161. The first-order chi connectivity index (χ1) is 14.4. The molecule has 0 aliphatic carbocycles. The standard InChI is InChI=1S/C20H22ClN3O6/c1-12(25)18(23-22-14-11-13(27-2)9-10-16(14)28-3)20(26)24(21)15-7-6-8-17(29-4)19(15)30-5/h6-11,18H,1-5H3. The third kappa shape index (κ3) is 4.98. The van der Waals surface area contributed by atoms with Gasteiger partial charge in [-0.3, -0.25) is 9.59 Å². The molecule has 1 unspecified atom stereocenters. The highest BCUT2D eigenvalue weighted by molar-refractivity contribution is 6.39. The second-order valence-electron chi connectivity index (χ2n) is 5.90. The van der Waals surface area contributed by atoms with E-state index >= 15 is 0 Å². The first kappa shape index (κ1) is 23.0. The molecule has 0 N–H and O–H groups in total. The van der Waals surface area contributed by atoms with Gasteiger partial charge >= 0.3 is 0 Å². The van der Waals surface area contributed by atoms with E-state index in [0.717, 1.165) is 4.42 Å². The molecule has 0 bridgehead atoms. The fraction of sp³-hybridized carbons (Fsp3) is 0.300. The van der Waals surface area contributed by atoms with Crippen LogP contribution in [-0.4, -0.2) is 46.2 Å². The van der Waals surface area contributed by atoms with Crippen molar-refractivity contribution < 1.29 is 28.5 Å². The van der Waals surface area contributed by atoms with E-state index in [9.17, 15) is 9.59 Å². The number of carbonyl (C=O) groups is 2. The Bertz CT molecular complexity index is 950. The number of anilines is 1. The predicted molar refractivity (Wildman–Crippen MR) is 111 cm³/mol. The summed E-state index contributed by atoms with van der Waals surface area (Å²) in [5.41, 5.74) is 0.486. The Morgan fingerprint density at radius 3 is 2.23 bits per heavy atom. The van der Waals surface area contributed by atoms with Crippen molar-refractivity contribution in [2.75, 3.05) is 32.9 Å². The van der Waals surface area contributed by atoms with E-state index in [2.05, 4.69) is 10.2 Å². The first-order valence-electron chi connectivity index (χ1n) is 8.72. The highest BCUT2D eigenvalue weighted by atomic mass is 35.5. The largest absolute Gasteiger partial charge is 0.497 e. The average Bonchev–Trinajstić information content (AvgIpc) is 2.77. The number of nitrogens with zero attached hydrogens (tertiary/aromatic N) is 3. The lowest BCUT2D eigenvalue weighted by Gasteiger charge is -2.20. The van der Waals surface area contributed by atoms with E-state index in [1.807, 2.05) is 0 Å². The summed E-state index contributed by atoms with van der Waals surface area (Å²) in [5, 5.41) is 7.93. The van der Waals surface area contributed by atoms with E-state index in [-0.39, 0.29) is 17.1 Å². The van der Waals surface area contributed by atoms with Crippen LogP contribution >= 0.6 is 11.8 Å². The molecule has 2 aromatic rings. The Morgan fingerprint density at radius 1 is 0.967 bits per heavy atom. The van der Waals surface area contributed by atoms with Gasteiger partial charge in [-0.2, -0.15) is 10.2 Å². The number of hydrogen-bond donors (Lipinski definition) is 0. The number of methoxy groups -OCH3 is 4. The molecule has 2 aromatic carbocycles. The molecule has 0 aromatic heterocycles. The molecule has 0 aliphatic heterocycles. The molecule has 0 saturated carbocycles. The number of ether oxygens (including phenoxy) is 4. The van der Waals surface area contributed by atoms with E-state index in [1.54, 1.807) is 36.4 Å². The van der Waals surface area contributed by atoms with Crippen molar-refractivity contribution in [3.63, 3.8) is 0 Å². The maximum absolute atomic E-state index is 12.9. The predicted octanol–water partition coefficient (Wildman–Crippen LogP) is 3.95. The molecule has 9 nitrogen and oxygen atoms in total. The van der Waals surface area contributed by atoms with Crippen LogP contribution in [-0.2, 0) is 9.59 Å². The van der Waals surface area contributed by atoms with Crippen LogP contribution in [0.4, 0.5) is 11.4 Å². The zero-order chi connectivity index (χ0) is 22.3. The van der Waals surface area contributed by atoms with Crippen LogP contribution in [0, 0.1) is 0 Å². The van der Waals surface area contributed by atoms with Crippen LogP contribution in [0.3, 0.4) is 0 Å². The molecule has 0 spiro atoms. The molecule has 0 radical (unpaired) electrons. The summed E-state index contributed by atoms with van der Waals surface area (Å²) in [6.45, 7) is 1.22. The zero-order valence-corrected chi connectivity index (χ0v) is 18.0. The summed E-state index contributed by atoms with van der Waals surface area (Å²) in [6, 6.07) is 8.22. The lowest BCUT2D eigenvalue weighted by molar-refractivity contribution is -0.126. The van der Waals surface area contributed by atoms with Gasteiger partial charge < -0.3 is 18.9 Å². The summed E-state index contributed by atoms with van der Waals surface area (Å²) < 4.78 is 21.6. The maximum atomic E-state index is 12.9. The number of benzene rings is 2. The fourth-order valence-electron chi connectivity index (χ4n) is 2.55. The zero-order valence-electron chi connectivity index (χ0n) is 17.2. The van der Waals surface area contributed by atoms with Crippen molar-refractivity contribution in [3.05, 3.63) is 36.4 Å². The number of rotatable bonds is 9. The van der Waals surface area contributed by atoms with Gasteiger partial charge in [0.05, 0.1) is 28.4 Å². The Kier molecular flexibility index (Phi) is 7.99. The van der Waals surface area contributed by atoms with Gasteiger partial charge in [0, 0.05) is 17.8 Å². The lowest BCUT2D eigenvalue weighted by Crippen LogP contribution is -2.36. The Hall–Kier alpha value is -3.33. The molecular weight excluding hydrogens is 414 g/mol. The number of Topliss-reactive ketones (excluding diaryl/α,β-unsaturated/α-hetero) is 1. The Morgan fingerprint density at radius 2 is 1.67 bits per heavy atom. The molecule has 1 amide bonds. The second kappa shape index (κ2) is 10.4. The normalized spacial score (nSPS) is 11.7. The highest BCUT2D eigenvalue weighted by Gasteiger charge is 2.31. The van der Waals surface area contributed by atoms with Gasteiger partial charge in [0.1, 0.15) is 22.9 Å². The number of carbonyl (C=O) groups excluding carboxylic acids is 2. The van der Waals surface area contributed by atoms with Gasteiger partial charge in [-0.25, -0.2) is 4.42 Å². The topological polar surface area (TPSA) is 99.0 Å². The van der Waals surface area contributed by atoms with E-state index in [4.69, 9.17) is 30.7 Å². The van der Waals surface area contributed by atoms with Crippen LogP contribution in [0.15, 0.2) is 46.6 Å². The fourth-order valence-corrected chi connectivity index (χ4v) is 2.78. The summed E-state index contributed by atoms with van der Waals surface area (Å²) >= 11 is 6.25. The Balaban J connectivity index is 2.39. The quantitative estimate of drug-likeness (QED) is 0.336. The monoisotopic (exact) mass is 435 g/mol. The van der Waals surface area contributed by atoms with Crippen LogP contribution in [0.5, 0.6) is 23.0 Å². The maximum Gasteiger partial charge on any atom is 0.276 e. The summed E-state index contributed by atoms with van der Waals surface area (Å²) in [6.07, 6.45) is 0. The molecule has 10 heteroatoms. The third-order valence-corrected chi connectivity index (χ3v) is 4.42. The minimum atomic E-state index is -1.48. The SMILES string of the molecule is COc1ccc(OC)c(N=NC(C(C)=O)C(=O)N(Cl)c2cccc(OC)c2OC)c1. The van der Waals surface area contributed by atoms with Crippen molar-refractivity contribution in [1.82, 2.24) is 0 Å². The first-order valence-corrected chi connectivity index (χ1v) is 9.05. The summed E-state index contributed by atoms with van der Waals surface area (Å²) in [7, 11) is 5.82. The molecule has 0 fully saturated rings. The van der Waals surface area contributed by atoms with Gasteiger partial charge in [0.15, 0.2) is 17.3 Å². The molecule has 2 rings (SSSR count). The van der Waals surface area contributed by atoms with Crippen molar-refractivity contribution in [3.8, 4) is 23.0 Å². The second-order valence-corrected chi connectivity index (χ2v) is 6.24. The van der Waals surface area contributed by atoms with Crippen LogP contribution in [0.1, 0.15) is 6.92 Å². The average molecular weight is 436 g/mol. The number of ketones is 1. The lowest BCUT2D eigenvalue weighted by atomic mass is 10.2. The number of para-hydroxylation sites is 1. The van der Waals surface area contributed by atoms with Gasteiger partial charge in [0.2, 0.25) is 6.04 Å². The van der Waals surface area contributed by atoms with Gasteiger partial charge in [-0.1, -0.05) is 6.07 Å². The van der Waals surface area contributed by atoms with Crippen LogP contribution in [0.2, 0.25) is 0 Å². The van der Waals surface area contributed by atoms with Crippen molar-refractivity contribution in [2.45, 2.75) is 13.0 Å². The van der Waals surface area contributed by atoms with Crippen molar-refractivity contribution >= 4 is 34.8 Å². The van der Waals surface area contributed by atoms with Gasteiger partial charge in [-0.15, -0.1) is 0 Å². The highest BCUT2D eigenvalue weighted by Crippen LogP contribution is 2.38.